The molecule has 44 heavy (non-hydrogen) atoms. The van der Waals surface area contributed by atoms with Crippen LogP contribution in [0.5, 0.6) is 5.75 Å². The van der Waals surface area contributed by atoms with E-state index in [1.807, 2.05) is 30.3 Å². The van der Waals surface area contributed by atoms with Crippen molar-refractivity contribution in [1.29, 1.82) is 0 Å². The molecular weight excluding hydrogens is 594 g/mol. The molecule has 0 aliphatic heterocycles. The van der Waals surface area contributed by atoms with Crippen LogP contribution >= 0.6 is 24.2 Å². The first-order valence-electron chi connectivity index (χ1n) is 15.7. The lowest BCUT2D eigenvalue weighted by molar-refractivity contribution is -0.135. The molecule has 0 aliphatic rings. The molecule has 2 aromatic rings. The highest BCUT2D eigenvalue weighted by Crippen LogP contribution is 2.31. The van der Waals surface area contributed by atoms with E-state index < -0.39 is 5.91 Å². The van der Waals surface area contributed by atoms with Crippen molar-refractivity contribution in [3.05, 3.63) is 70.8 Å². The summed E-state index contributed by atoms with van der Waals surface area (Å²) >= 11 is 10.6. The molecular formula is C35H52ClN3O4S. The van der Waals surface area contributed by atoms with Gasteiger partial charge in [0.25, 0.3) is 0 Å². The van der Waals surface area contributed by atoms with Crippen molar-refractivity contribution in [2.24, 2.45) is 17.6 Å². The second kappa shape index (κ2) is 20.4. The van der Waals surface area contributed by atoms with Crippen molar-refractivity contribution >= 4 is 41.7 Å². The summed E-state index contributed by atoms with van der Waals surface area (Å²) in [6, 6.07) is 13.4. The smallest absolute Gasteiger partial charge is 0.248 e. The maximum absolute atomic E-state index is 12.0. The fourth-order valence-electron chi connectivity index (χ4n) is 4.84. The largest absolute Gasteiger partial charge is 0.491 e. The van der Waals surface area contributed by atoms with Gasteiger partial charge in [0.2, 0.25) is 11.8 Å². The van der Waals surface area contributed by atoms with Gasteiger partial charge in [-0.2, -0.15) is 12.6 Å². The molecule has 0 spiro atoms. The summed E-state index contributed by atoms with van der Waals surface area (Å²) in [7, 11) is 3.46. The Labute approximate surface area is 275 Å². The number of nitrogens with zero attached hydrogens (tertiary/aromatic N) is 2. The summed E-state index contributed by atoms with van der Waals surface area (Å²) in [4.78, 5) is 27.8. The Bertz CT molecular complexity index is 1190. The minimum atomic E-state index is -0.452. The number of primary amides is 1. The zero-order valence-electron chi connectivity index (χ0n) is 27.1. The van der Waals surface area contributed by atoms with Crippen LogP contribution in [0.4, 0.5) is 5.69 Å². The van der Waals surface area contributed by atoms with Crippen LogP contribution < -0.4 is 15.4 Å². The van der Waals surface area contributed by atoms with E-state index in [-0.39, 0.29) is 24.5 Å². The number of halogens is 1. The maximum atomic E-state index is 12.0. The van der Waals surface area contributed by atoms with Gasteiger partial charge in [0.1, 0.15) is 12.4 Å². The molecule has 0 saturated carbocycles. The van der Waals surface area contributed by atoms with Crippen LogP contribution in [0.15, 0.2) is 54.6 Å². The Balaban J connectivity index is 2.01. The van der Waals surface area contributed by atoms with E-state index in [0.717, 1.165) is 68.1 Å². The van der Waals surface area contributed by atoms with Crippen LogP contribution in [0.2, 0.25) is 5.02 Å². The Morgan fingerprint density at radius 2 is 1.89 bits per heavy atom. The van der Waals surface area contributed by atoms with Crippen LogP contribution in [-0.2, 0) is 16.0 Å². The fourth-order valence-corrected chi connectivity index (χ4v) is 5.26. The number of amides is 2. The summed E-state index contributed by atoms with van der Waals surface area (Å²) in [6.07, 6.45) is 9.85. The number of hydrogen-bond donors (Lipinski definition) is 2. The minimum absolute atomic E-state index is 0.0536. The van der Waals surface area contributed by atoms with Crippen molar-refractivity contribution in [3.63, 3.8) is 0 Å². The average Bonchev–Trinajstić information content (AvgIpc) is 3.01. The number of aryl methyl sites for hydroxylation is 1. The quantitative estimate of drug-likeness (QED) is 0.0862. The second-order valence-corrected chi connectivity index (χ2v) is 12.3. The van der Waals surface area contributed by atoms with E-state index in [4.69, 9.17) is 26.8 Å². The molecule has 2 aromatic carbocycles. The number of allylic oxidation sites excluding steroid dienone is 1. The number of benzene rings is 2. The molecule has 3 atom stereocenters. The molecule has 9 heteroatoms. The monoisotopic (exact) mass is 645 g/mol. The topological polar surface area (TPSA) is 85.1 Å². The van der Waals surface area contributed by atoms with E-state index in [2.05, 4.69) is 56.5 Å². The second-order valence-electron chi connectivity index (χ2n) is 11.5. The number of anilines is 1. The van der Waals surface area contributed by atoms with Gasteiger partial charge in [0.15, 0.2) is 0 Å². The van der Waals surface area contributed by atoms with Gasteiger partial charge in [-0.3, -0.25) is 9.59 Å². The zero-order valence-corrected chi connectivity index (χ0v) is 28.8. The molecule has 1 unspecified atom stereocenters. The minimum Gasteiger partial charge on any atom is -0.491 e. The molecule has 0 bridgehead atoms. The SMILES string of the molecule is CC[C@@H](C/C=C/C(OCC(=O)N(C)C)[C@H](C)CS)CCN(CC)c1cc(C(N)=O)ccc1OCCCCc1cccc(Cl)c1. The predicted octanol–water partition coefficient (Wildman–Crippen LogP) is 7.07. The molecule has 2 amide bonds. The van der Waals surface area contributed by atoms with Gasteiger partial charge in [0.05, 0.1) is 18.4 Å². The Morgan fingerprint density at radius 1 is 1.11 bits per heavy atom. The molecule has 0 aliphatic carbocycles. The first-order chi connectivity index (χ1) is 21.1. The van der Waals surface area contributed by atoms with Crippen LogP contribution in [0, 0.1) is 11.8 Å². The van der Waals surface area contributed by atoms with E-state index in [1.54, 1.807) is 20.2 Å². The zero-order chi connectivity index (χ0) is 32.5. The number of hydrogen-bond acceptors (Lipinski definition) is 6. The van der Waals surface area contributed by atoms with Gasteiger partial charge in [-0.25, -0.2) is 0 Å². The Hall–Kier alpha value is -2.68. The van der Waals surface area contributed by atoms with Crippen molar-refractivity contribution in [3.8, 4) is 5.75 Å². The molecule has 0 aromatic heterocycles. The van der Waals surface area contributed by atoms with E-state index in [0.29, 0.717) is 23.8 Å². The standard InChI is InChI=1S/C35H52ClN3O4S/c1-6-27(13-11-16-32(26(3)25-44)43-24-34(40)38(4)5)19-20-39(7-2)31-23-29(35(37)41)17-18-33(31)42-21-9-8-12-28-14-10-15-30(36)22-28/h10-11,14-18,22-23,26-27,32,44H,6-9,12-13,19-21,24-25H2,1-5H3,(H2,37,41)/b16-11+/t26-,27+,32?/m1/s1. The molecule has 0 saturated heterocycles. The normalized spacial score (nSPS) is 13.4. The lowest BCUT2D eigenvalue weighted by Crippen LogP contribution is -2.30. The molecule has 2 rings (SSSR count). The summed E-state index contributed by atoms with van der Waals surface area (Å²) in [5.41, 5.74) is 8.22. The first kappa shape index (κ1) is 37.5. The van der Waals surface area contributed by atoms with Crippen molar-refractivity contribution in [2.75, 3.05) is 51.1 Å². The maximum Gasteiger partial charge on any atom is 0.248 e. The highest BCUT2D eigenvalue weighted by Gasteiger charge is 2.18. The van der Waals surface area contributed by atoms with Crippen LogP contribution in [0.1, 0.15) is 68.8 Å². The lowest BCUT2D eigenvalue weighted by atomic mass is 9.96. The number of carbonyl (C=O) groups is 2. The van der Waals surface area contributed by atoms with Crippen LogP contribution in [0.3, 0.4) is 0 Å². The number of nitrogens with two attached hydrogens (primary N) is 1. The average molecular weight is 646 g/mol. The Morgan fingerprint density at radius 3 is 2.52 bits per heavy atom. The number of unbranched alkanes of at least 4 members (excludes halogenated alkanes) is 1. The first-order valence-corrected chi connectivity index (χ1v) is 16.8. The van der Waals surface area contributed by atoms with Crippen molar-refractivity contribution in [1.82, 2.24) is 4.90 Å². The van der Waals surface area contributed by atoms with Crippen molar-refractivity contribution in [2.45, 2.75) is 65.4 Å². The molecule has 0 heterocycles. The highest BCUT2D eigenvalue weighted by atomic mass is 35.5. The van der Waals surface area contributed by atoms with E-state index in [1.165, 1.54) is 10.5 Å². The molecule has 2 N–H and O–H groups in total. The number of thiol groups is 1. The third-order valence-corrected chi connectivity index (χ3v) is 8.71. The van der Waals surface area contributed by atoms with Gasteiger partial charge in [-0.15, -0.1) is 0 Å². The number of carbonyl (C=O) groups excluding carboxylic acids is 2. The van der Waals surface area contributed by atoms with Gasteiger partial charge >= 0.3 is 0 Å². The number of ether oxygens (including phenoxy) is 2. The van der Waals surface area contributed by atoms with Crippen LogP contribution in [0.25, 0.3) is 0 Å². The van der Waals surface area contributed by atoms with E-state index in [9.17, 15) is 9.59 Å². The van der Waals surface area contributed by atoms with Gasteiger partial charge < -0.3 is 25.0 Å². The molecule has 7 nitrogen and oxygen atoms in total. The summed E-state index contributed by atoms with van der Waals surface area (Å²) in [6.45, 7) is 8.63. The molecule has 0 fully saturated rings. The molecule has 244 valence electrons. The van der Waals surface area contributed by atoms with Gasteiger partial charge in [0, 0.05) is 37.8 Å². The fraction of sp³-hybridized carbons (Fsp3) is 0.543. The van der Waals surface area contributed by atoms with Crippen LogP contribution in [-0.4, -0.2) is 69.0 Å². The summed E-state index contributed by atoms with van der Waals surface area (Å²) in [5, 5.41) is 0.758. The third kappa shape index (κ3) is 13.1. The number of likely N-dealkylation sites (N-methyl/N-ethyl adjacent to an activating group) is 1. The highest BCUT2D eigenvalue weighted by molar-refractivity contribution is 7.80. The number of rotatable bonds is 21. The summed E-state index contributed by atoms with van der Waals surface area (Å²) in [5.74, 6) is 1.58. The van der Waals surface area contributed by atoms with Gasteiger partial charge in [-0.1, -0.05) is 56.2 Å². The third-order valence-electron chi connectivity index (χ3n) is 7.90. The van der Waals surface area contributed by atoms with Gasteiger partial charge in [-0.05, 0) is 92.5 Å². The molecule has 0 radical (unpaired) electrons. The Kier molecular flexibility index (Phi) is 17.4. The van der Waals surface area contributed by atoms with E-state index >= 15 is 0 Å². The predicted molar refractivity (Wildman–Crippen MR) is 186 cm³/mol. The summed E-state index contributed by atoms with van der Waals surface area (Å²) < 4.78 is 12.2. The lowest BCUT2D eigenvalue weighted by Gasteiger charge is -2.28. The van der Waals surface area contributed by atoms with Crippen molar-refractivity contribution < 1.29 is 19.1 Å².